The highest BCUT2D eigenvalue weighted by Crippen LogP contribution is 2.28. The Morgan fingerprint density at radius 2 is 1.39 bits per heavy atom. The minimum absolute atomic E-state index is 0.0137. The lowest BCUT2D eigenvalue weighted by Crippen LogP contribution is -2.47. The van der Waals surface area contributed by atoms with Gasteiger partial charge in [0.1, 0.15) is 11.5 Å². The molecule has 0 N–H and O–H groups in total. The Kier molecular flexibility index (Phi) is 7.30. The van der Waals surface area contributed by atoms with Crippen LogP contribution in [0.15, 0.2) is 72.8 Å². The van der Waals surface area contributed by atoms with E-state index < -0.39 is 0 Å². The fraction of sp³-hybridized carbons (Fsp3) is 0.321. The van der Waals surface area contributed by atoms with Gasteiger partial charge in [-0.15, -0.1) is 0 Å². The van der Waals surface area contributed by atoms with E-state index in [1.54, 1.807) is 14.2 Å². The maximum atomic E-state index is 13.6. The Hall–Kier alpha value is -3.31. The fourth-order valence-electron chi connectivity index (χ4n) is 4.40. The Morgan fingerprint density at radius 1 is 0.848 bits per heavy atom. The second kappa shape index (κ2) is 10.5. The third-order valence-corrected chi connectivity index (χ3v) is 6.36. The first-order chi connectivity index (χ1) is 16.1. The molecular formula is C28H32N2O3. The Balaban J connectivity index is 1.51. The summed E-state index contributed by atoms with van der Waals surface area (Å²) in [6, 6.07) is 24.0. The number of carbonyl (C=O) groups is 1. The number of aryl methyl sites for hydroxylation is 1. The summed E-state index contributed by atoms with van der Waals surface area (Å²) < 4.78 is 10.6. The average Bonchev–Trinajstić information content (AvgIpc) is 2.87. The van der Waals surface area contributed by atoms with Crippen LogP contribution in [0.1, 0.15) is 34.3 Å². The number of methoxy groups -OCH3 is 2. The molecule has 0 spiro atoms. The molecule has 33 heavy (non-hydrogen) atoms. The second-order valence-electron chi connectivity index (χ2n) is 8.59. The molecule has 3 aromatic rings. The molecular weight excluding hydrogens is 412 g/mol. The van der Waals surface area contributed by atoms with Crippen molar-refractivity contribution in [3.63, 3.8) is 0 Å². The van der Waals surface area contributed by atoms with E-state index >= 15 is 0 Å². The number of likely N-dealkylation sites (tertiary alicyclic amines) is 1. The van der Waals surface area contributed by atoms with Crippen LogP contribution >= 0.6 is 0 Å². The second-order valence-corrected chi connectivity index (χ2v) is 8.59. The van der Waals surface area contributed by atoms with Gasteiger partial charge in [0, 0.05) is 36.9 Å². The zero-order valence-corrected chi connectivity index (χ0v) is 19.7. The van der Waals surface area contributed by atoms with Gasteiger partial charge in [0.05, 0.1) is 14.2 Å². The molecule has 0 aromatic heterocycles. The number of nitrogens with zero attached hydrogens (tertiary/aromatic N) is 2. The molecule has 1 fully saturated rings. The molecule has 4 rings (SSSR count). The molecule has 0 aliphatic carbocycles. The van der Waals surface area contributed by atoms with Gasteiger partial charge in [0.2, 0.25) is 0 Å². The van der Waals surface area contributed by atoms with Crippen molar-refractivity contribution in [2.24, 2.45) is 0 Å². The number of ether oxygens (including phenoxy) is 2. The smallest absolute Gasteiger partial charge is 0.258 e. The van der Waals surface area contributed by atoms with Crippen LogP contribution in [0.25, 0.3) is 0 Å². The van der Waals surface area contributed by atoms with E-state index in [2.05, 4.69) is 36.1 Å². The number of benzene rings is 3. The third-order valence-electron chi connectivity index (χ3n) is 6.36. The van der Waals surface area contributed by atoms with Gasteiger partial charge in [0.15, 0.2) is 0 Å². The van der Waals surface area contributed by atoms with E-state index in [0.717, 1.165) is 49.7 Å². The molecule has 1 aliphatic rings. The van der Waals surface area contributed by atoms with Crippen LogP contribution in [-0.2, 0) is 6.54 Å². The summed E-state index contributed by atoms with van der Waals surface area (Å²) in [7, 11) is 3.28. The standard InChI is InChI=1S/C28H32N2O3/c1-21-4-6-22(7-5-21)20-29-18-16-25(17-19-29)30(24-10-14-27(33-3)15-11-24)28(31)23-8-12-26(32-2)13-9-23/h4-15,25H,16-20H2,1-3H3. The summed E-state index contributed by atoms with van der Waals surface area (Å²) in [5.74, 6) is 1.54. The van der Waals surface area contributed by atoms with E-state index in [1.807, 2.05) is 53.4 Å². The van der Waals surface area contributed by atoms with Crippen LogP contribution in [0.5, 0.6) is 11.5 Å². The van der Waals surface area contributed by atoms with Gasteiger partial charge in [-0.05, 0) is 73.9 Å². The predicted octanol–water partition coefficient (Wildman–Crippen LogP) is 5.32. The number of rotatable bonds is 7. The van der Waals surface area contributed by atoms with Crippen LogP contribution in [0, 0.1) is 6.92 Å². The maximum absolute atomic E-state index is 13.6. The quantitative estimate of drug-likeness (QED) is 0.494. The summed E-state index contributed by atoms with van der Waals surface area (Å²) in [4.78, 5) is 18.1. The Bertz CT molecular complexity index is 1040. The summed E-state index contributed by atoms with van der Waals surface area (Å²) in [6.45, 7) is 4.98. The largest absolute Gasteiger partial charge is 0.497 e. The highest BCUT2D eigenvalue weighted by atomic mass is 16.5. The topological polar surface area (TPSA) is 42.0 Å². The number of amides is 1. The minimum atomic E-state index is 0.0137. The molecule has 3 aromatic carbocycles. The van der Waals surface area contributed by atoms with Crippen LogP contribution < -0.4 is 14.4 Å². The lowest BCUT2D eigenvalue weighted by atomic mass is 10.00. The van der Waals surface area contributed by atoms with Crippen molar-refractivity contribution < 1.29 is 14.3 Å². The molecule has 172 valence electrons. The van der Waals surface area contributed by atoms with Gasteiger partial charge in [-0.1, -0.05) is 29.8 Å². The van der Waals surface area contributed by atoms with E-state index in [1.165, 1.54) is 11.1 Å². The van der Waals surface area contributed by atoms with Crippen LogP contribution in [-0.4, -0.2) is 44.2 Å². The summed E-state index contributed by atoms with van der Waals surface area (Å²) >= 11 is 0. The van der Waals surface area contributed by atoms with Crippen molar-refractivity contribution in [1.29, 1.82) is 0 Å². The normalized spacial score (nSPS) is 14.6. The lowest BCUT2D eigenvalue weighted by Gasteiger charge is -2.38. The molecule has 1 amide bonds. The van der Waals surface area contributed by atoms with E-state index in [-0.39, 0.29) is 11.9 Å². The van der Waals surface area contributed by atoms with Crippen molar-refractivity contribution in [2.45, 2.75) is 32.4 Å². The van der Waals surface area contributed by atoms with E-state index in [4.69, 9.17) is 9.47 Å². The Labute approximate surface area is 196 Å². The first kappa shape index (κ1) is 22.9. The fourth-order valence-corrected chi connectivity index (χ4v) is 4.40. The molecule has 5 heteroatoms. The molecule has 0 saturated carbocycles. The van der Waals surface area contributed by atoms with Crippen molar-refractivity contribution >= 4 is 11.6 Å². The number of hydrogen-bond donors (Lipinski definition) is 0. The highest BCUT2D eigenvalue weighted by molar-refractivity contribution is 6.06. The predicted molar refractivity (Wildman–Crippen MR) is 132 cm³/mol. The third kappa shape index (κ3) is 5.55. The van der Waals surface area contributed by atoms with Crippen molar-refractivity contribution in [3.8, 4) is 11.5 Å². The first-order valence-electron chi connectivity index (χ1n) is 11.5. The van der Waals surface area contributed by atoms with Crippen molar-refractivity contribution in [3.05, 3.63) is 89.5 Å². The highest BCUT2D eigenvalue weighted by Gasteiger charge is 2.30. The van der Waals surface area contributed by atoms with Crippen molar-refractivity contribution in [2.75, 3.05) is 32.2 Å². The molecule has 0 bridgehead atoms. The van der Waals surface area contributed by atoms with Gasteiger partial charge in [0.25, 0.3) is 5.91 Å². The average molecular weight is 445 g/mol. The van der Waals surface area contributed by atoms with Gasteiger partial charge in [-0.25, -0.2) is 0 Å². The molecule has 5 nitrogen and oxygen atoms in total. The summed E-state index contributed by atoms with van der Waals surface area (Å²) in [5.41, 5.74) is 4.17. The molecule has 1 heterocycles. The van der Waals surface area contributed by atoms with E-state index in [9.17, 15) is 4.79 Å². The molecule has 1 saturated heterocycles. The summed E-state index contributed by atoms with van der Waals surface area (Å²) in [5, 5.41) is 0. The summed E-state index contributed by atoms with van der Waals surface area (Å²) in [6.07, 6.45) is 1.86. The van der Waals surface area contributed by atoms with E-state index in [0.29, 0.717) is 5.56 Å². The molecule has 0 unspecified atom stereocenters. The van der Waals surface area contributed by atoms with Gasteiger partial charge >= 0.3 is 0 Å². The number of anilines is 1. The number of hydrogen-bond acceptors (Lipinski definition) is 4. The SMILES string of the molecule is COc1ccc(C(=O)N(c2ccc(OC)cc2)C2CCN(Cc3ccc(C)cc3)CC2)cc1. The molecule has 1 aliphatic heterocycles. The Morgan fingerprint density at radius 3 is 1.94 bits per heavy atom. The zero-order chi connectivity index (χ0) is 23.2. The van der Waals surface area contributed by atoms with Gasteiger partial charge < -0.3 is 14.4 Å². The van der Waals surface area contributed by atoms with Crippen LogP contribution in [0.3, 0.4) is 0 Å². The zero-order valence-electron chi connectivity index (χ0n) is 19.7. The van der Waals surface area contributed by atoms with Crippen LogP contribution in [0.4, 0.5) is 5.69 Å². The van der Waals surface area contributed by atoms with Crippen molar-refractivity contribution in [1.82, 2.24) is 4.90 Å². The minimum Gasteiger partial charge on any atom is -0.497 e. The first-order valence-corrected chi connectivity index (χ1v) is 11.5. The van der Waals surface area contributed by atoms with Gasteiger partial charge in [-0.2, -0.15) is 0 Å². The van der Waals surface area contributed by atoms with Gasteiger partial charge in [-0.3, -0.25) is 9.69 Å². The maximum Gasteiger partial charge on any atom is 0.258 e. The number of piperidine rings is 1. The molecule has 0 radical (unpaired) electrons. The monoisotopic (exact) mass is 444 g/mol. The lowest BCUT2D eigenvalue weighted by molar-refractivity contribution is 0.0958. The molecule has 0 atom stereocenters. The number of carbonyl (C=O) groups excluding carboxylic acids is 1. The van der Waals surface area contributed by atoms with Crippen LogP contribution in [0.2, 0.25) is 0 Å².